The van der Waals surface area contributed by atoms with Crippen molar-refractivity contribution in [3.63, 3.8) is 0 Å². The van der Waals surface area contributed by atoms with E-state index in [9.17, 15) is 15.8 Å². The fourth-order valence-electron chi connectivity index (χ4n) is 4.43. The first kappa shape index (κ1) is 21.2. The van der Waals surface area contributed by atoms with Crippen molar-refractivity contribution in [3.8, 4) is 29.7 Å². The Morgan fingerprint density at radius 1 is 1.20 bits per heavy atom. The average Bonchev–Trinajstić information content (AvgIpc) is 2.73. The SMILES string of the molecule is COc1cc([C@H]2[C@@H]3CN(C)CC=C3C(C#N)=C(N)C2(C#N)C#N)ccc1OC(C)C. The summed E-state index contributed by atoms with van der Waals surface area (Å²) >= 11 is 0. The third-order valence-corrected chi connectivity index (χ3v) is 5.76. The number of rotatable bonds is 4. The number of benzene rings is 1. The number of methoxy groups -OCH3 is 1. The summed E-state index contributed by atoms with van der Waals surface area (Å²) in [6.07, 6.45) is 1.94. The lowest BCUT2D eigenvalue weighted by molar-refractivity contribution is 0.227. The maximum absolute atomic E-state index is 10.1. The molecule has 7 heteroatoms. The zero-order valence-corrected chi connectivity index (χ0v) is 17.6. The molecule has 2 N–H and O–H groups in total. The molecule has 1 aromatic rings. The molecule has 0 fully saturated rings. The van der Waals surface area contributed by atoms with Crippen LogP contribution in [0.25, 0.3) is 0 Å². The van der Waals surface area contributed by atoms with Crippen LogP contribution in [0.2, 0.25) is 0 Å². The Labute approximate surface area is 177 Å². The molecule has 1 aromatic carbocycles. The highest BCUT2D eigenvalue weighted by Gasteiger charge is 2.54. The molecule has 7 nitrogen and oxygen atoms in total. The minimum absolute atomic E-state index is 0.0218. The Balaban J connectivity index is 2.26. The molecule has 2 aliphatic rings. The Morgan fingerprint density at radius 3 is 2.47 bits per heavy atom. The lowest BCUT2D eigenvalue weighted by Crippen LogP contribution is -2.47. The number of likely N-dealkylation sites (N-methyl/N-ethyl adjacent to an activating group) is 1. The van der Waals surface area contributed by atoms with E-state index in [2.05, 4.69) is 23.1 Å². The Morgan fingerprint density at radius 2 is 1.90 bits per heavy atom. The molecule has 1 aliphatic carbocycles. The van der Waals surface area contributed by atoms with Crippen LogP contribution in [0.1, 0.15) is 25.3 Å². The minimum atomic E-state index is -1.66. The van der Waals surface area contributed by atoms with Crippen LogP contribution in [0.5, 0.6) is 11.5 Å². The normalized spacial score (nSPS) is 22.9. The van der Waals surface area contributed by atoms with Gasteiger partial charge < -0.3 is 20.1 Å². The molecule has 30 heavy (non-hydrogen) atoms. The molecule has 0 saturated carbocycles. The van der Waals surface area contributed by atoms with Gasteiger partial charge in [0.2, 0.25) is 0 Å². The molecular weight excluding hydrogens is 378 g/mol. The molecule has 0 unspecified atom stereocenters. The summed E-state index contributed by atoms with van der Waals surface area (Å²) in [4.78, 5) is 2.10. The molecule has 154 valence electrons. The number of hydrogen-bond donors (Lipinski definition) is 1. The predicted molar refractivity (Wildman–Crippen MR) is 111 cm³/mol. The van der Waals surface area contributed by atoms with Gasteiger partial charge in [-0.3, -0.25) is 0 Å². The van der Waals surface area contributed by atoms with Crippen LogP contribution in [-0.4, -0.2) is 38.3 Å². The van der Waals surface area contributed by atoms with Crippen molar-refractivity contribution in [1.82, 2.24) is 4.90 Å². The van der Waals surface area contributed by atoms with E-state index in [-0.39, 0.29) is 23.3 Å². The van der Waals surface area contributed by atoms with Crippen LogP contribution in [-0.2, 0) is 0 Å². The maximum Gasteiger partial charge on any atom is 0.191 e. The molecule has 0 radical (unpaired) electrons. The van der Waals surface area contributed by atoms with Gasteiger partial charge in [-0.1, -0.05) is 12.1 Å². The van der Waals surface area contributed by atoms with E-state index in [0.29, 0.717) is 24.6 Å². The number of allylic oxidation sites excluding steroid dienone is 2. The highest BCUT2D eigenvalue weighted by atomic mass is 16.5. The topological polar surface area (TPSA) is 119 Å². The molecule has 0 aromatic heterocycles. The van der Waals surface area contributed by atoms with Gasteiger partial charge in [-0.05, 0) is 44.2 Å². The van der Waals surface area contributed by atoms with E-state index in [1.807, 2.05) is 39.1 Å². The summed E-state index contributed by atoms with van der Waals surface area (Å²) in [7, 11) is 3.52. The van der Waals surface area contributed by atoms with Gasteiger partial charge in [-0.2, -0.15) is 15.8 Å². The van der Waals surface area contributed by atoms with Crippen molar-refractivity contribution in [2.45, 2.75) is 25.9 Å². The van der Waals surface area contributed by atoms with Crippen LogP contribution < -0.4 is 15.2 Å². The van der Waals surface area contributed by atoms with Gasteiger partial charge in [0.15, 0.2) is 16.9 Å². The van der Waals surface area contributed by atoms with Gasteiger partial charge >= 0.3 is 0 Å². The largest absolute Gasteiger partial charge is 0.493 e. The number of hydrogen-bond acceptors (Lipinski definition) is 7. The minimum Gasteiger partial charge on any atom is -0.493 e. The number of ether oxygens (including phenoxy) is 2. The first-order valence-corrected chi connectivity index (χ1v) is 9.79. The second kappa shape index (κ2) is 8.11. The number of fused-ring (bicyclic) bond motifs is 1. The first-order chi connectivity index (χ1) is 14.3. The predicted octanol–water partition coefficient (Wildman–Crippen LogP) is 2.84. The van der Waals surface area contributed by atoms with E-state index in [1.54, 1.807) is 13.2 Å². The van der Waals surface area contributed by atoms with Gasteiger partial charge in [-0.25, -0.2) is 0 Å². The first-order valence-electron chi connectivity index (χ1n) is 9.79. The maximum atomic E-state index is 10.1. The lowest BCUT2D eigenvalue weighted by Gasteiger charge is -2.45. The van der Waals surface area contributed by atoms with Crippen molar-refractivity contribution in [1.29, 1.82) is 15.8 Å². The van der Waals surface area contributed by atoms with Gasteiger partial charge in [0.05, 0.1) is 36.6 Å². The van der Waals surface area contributed by atoms with E-state index in [1.165, 1.54) is 0 Å². The fourth-order valence-corrected chi connectivity index (χ4v) is 4.43. The third kappa shape index (κ3) is 3.26. The van der Waals surface area contributed by atoms with Gasteiger partial charge in [-0.15, -0.1) is 0 Å². The summed E-state index contributed by atoms with van der Waals surface area (Å²) in [6, 6.07) is 11.9. The fraction of sp³-hybridized carbons (Fsp3) is 0.435. The van der Waals surface area contributed by atoms with E-state index < -0.39 is 11.3 Å². The van der Waals surface area contributed by atoms with Crippen LogP contribution in [0.15, 0.2) is 41.1 Å². The molecular formula is C23H25N5O2. The van der Waals surface area contributed by atoms with Crippen molar-refractivity contribution in [2.24, 2.45) is 17.1 Å². The van der Waals surface area contributed by atoms with Crippen molar-refractivity contribution in [3.05, 3.63) is 46.7 Å². The monoisotopic (exact) mass is 403 g/mol. The number of nitriles is 3. The summed E-state index contributed by atoms with van der Waals surface area (Å²) in [5, 5.41) is 30.0. The van der Waals surface area contributed by atoms with Crippen LogP contribution in [0.3, 0.4) is 0 Å². The lowest BCUT2D eigenvalue weighted by atomic mass is 9.58. The van der Waals surface area contributed by atoms with Gasteiger partial charge in [0, 0.05) is 24.9 Å². The van der Waals surface area contributed by atoms with Crippen LogP contribution in [0.4, 0.5) is 0 Å². The van der Waals surface area contributed by atoms with E-state index in [4.69, 9.17) is 15.2 Å². The second-order valence-electron chi connectivity index (χ2n) is 7.97. The van der Waals surface area contributed by atoms with Crippen LogP contribution in [0, 0.1) is 45.3 Å². The summed E-state index contributed by atoms with van der Waals surface area (Å²) in [5.74, 6) is 0.325. The van der Waals surface area contributed by atoms with Crippen molar-refractivity contribution in [2.75, 3.05) is 27.2 Å². The molecule has 2 atom stereocenters. The quantitative estimate of drug-likeness (QED) is 0.821. The third-order valence-electron chi connectivity index (χ3n) is 5.76. The molecule has 0 saturated heterocycles. The van der Waals surface area contributed by atoms with Gasteiger partial charge in [0.1, 0.15) is 6.07 Å². The van der Waals surface area contributed by atoms with E-state index in [0.717, 1.165) is 11.1 Å². The standard InChI is InChI=1S/C23H25N5O2/c1-14(2)30-19-6-5-15(9-20(19)29-4)21-18-11-28(3)8-7-16(18)17(10-24)22(27)23(21,12-25)13-26/h5-7,9,14,18,21H,8,11,27H2,1-4H3/t18-,21+/m1/s1. The van der Waals surface area contributed by atoms with Crippen LogP contribution >= 0.6 is 0 Å². The molecule has 0 amide bonds. The molecule has 0 spiro atoms. The molecule has 1 aliphatic heterocycles. The summed E-state index contributed by atoms with van der Waals surface area (Å²) in [5.41, 5.74) is 6.50. The number of nitrogens with two attached hydrogens (primary N) is 1. The molecule has 0 bridgehead atoms. The second-order valence-corrected chi connectivity index (χ2v) is 7.97. The highest BCUT2D eigenvalue weighted by molar-refractivity contribution is 5.60. The Hall–Kier alpha value is -3.47. The van der Waals surface area contributed by atoms with Crippen molar-refractivity contribution < 1.29 is 9.47 Å². The molecule has 1 heterocycles. The molecule has 3 rings (SSSR count). The highest BCUT2D eigenvalue weighted by Crippen LogP contribution is 2.54. The Bertz CT molecular complexity index is 1020. The smallest absolute Gasteiger partial charge is 0.191 e. The number of nitrogens with zero attached hydrogens (tertiary/aromatic N) is 4. The zero-order chi connectivity index (χ0) is 22.1. The average molecular weight is 403 g/mol. The summed E-state index contributed by atoms with van der Waals surface area (Å²) in [6.45, 7) is 5.13. The van der Waals surface area contributed by atoms with E-state index >= 15 is 0 Å². The summed E-state index contributed by atoms with van der Waals surface area (Å²) < 4.78 is 11.3. The Kier molecular flexibility index (Phi) is 5.74. The zero-order valence-electron chi connectivity index (χ0n) is 17.6. The van der Waals surface area contributed by atoms with Gasteiger partial charge in [0.25, 0.3) is 0 Å². The van der Waals surface area contributed by atoms with Crippen molar-refractivity contribution >= 4 is 0 Å².